The van der Waals surface area contributed by atoms with E-state index in [4.69, 9.17) is 14.8 Å². The number of piperidine rings is 1. The van der Waals surface area contributed by atoms with Gasteiger partial charge in [0.1, 0.15) is 17.1 Å². The van der Waals surface area contributed by atoms with Gasteiger partial charge in [-0.3, -0.25) is 4.79 Å². The molecule has 0 amide bonds. The molecular formula is C29H42N4O6S. The molecule has 10 nitrogen and oxygen atoms in total. The number of sulfonamides is 1. The van der Waals surface area contributed by atoms with Gasteiger partial charge in [-0.2, -0.15) is 4.31 Å². The Morgan fingerprint density at radius 3 is 2.50 bits per heavy atom. The van der Waals surface area contributed by atoms with E-state index in [9.17, 15) is 18.3 Å². The van der Waals surface area contributed by atoms with Gasteiger partial charge in [-0.05, 0) is 69.6 Å². The Bertz CT molecular complexity index is 1470. The number of aliphatic hydroxyl groups excluding tert-OH is 2. The van der Waals surface area contributed by atoms with Crippen LogP contribution in [-0.2, 0) is 29.6 Å². The third-order valence-corrected chi connectivity index (χ3v) is 9.64. The van der Waals surface area contributed by atoms with Gasteiger partial charge in [0.05, 0.1) is 29.2 Å². The molecule has 1 fully saturated rings. The van der Waals surface area contributed by atoms with Crippen LogP contribution in [0.1, 0.15) is 70.6 Å². The lowest BCUT2D eigenvalue weighted by Crippen LogP contribution is -2.38. The summed E-state index contributed by atoms with van der Waals surface area (Å²) in [5.74, 6) is 1.09. The quantitative estimate of drug-likeness (QED) is 0.282. The molecule has 0 spiro atoms. The van der Waals surface area contributed by atoms with Crippen LogP contribution >= 0.6 is 0 Å². The van der Waals surface area contributed by atoms with Gasteiger partial charge in [-0.25, -0.2) is 13.4 Å². The zero-order valence-electron chi connectivity index (χ0n) is 23.8. The second-order valence-electron chi connectivity index (χ2n) is 10.4. The number of rotatable bonds is 13. The first-order valence-corrected chi connectivity index (χ1v) is 15.9. The Balaban J connectivity index is 1.80. The zero-order valence-corrected chi connectivity index (χ0v) is 24.6. The molecule has 220 valence electrons. The van der Waals surface area contributed by atoms with Crippen LogP contribution in [0.2, 0.25) is 0 Å². The third kappa shape index (κ3) is 5.97. The first kappa shape index (κ1) is 30.2. The molecule has 1 aliphatic heterocycles. The van der Waals surface area contributed by atoms with Gasteiger partial charge < -0.3 is 24.5 Å². The Morgan fingerprint density at radius 1 is 1.12 bits per heavy atom. The number of nitrogens with one attached hydrogen (secondary N) is 1. The van der Waals surface area contributed by atoms with Crippen molar-refractivity contribution in [2.75, 3.05) is 26.3 Å². The lowest BCUT2D eigenvalue weighted by molar-refractivity contribution is 0.230. The maximum atomic E-state index is 13.7. The average molecular weight is 575 g/mol. The number of hydrogen-bond acceptors (Lipinski definition) is 7. The molecule has 1 aliphatic rings. The van der Waals surface area contributed by atoms with Crippen LogP contribution in [0.25, 0.3) is 22.4 Å². The number of hydrogen-bond donors (Lipinski definition) is 3. The Hall–Kier alpha value is -2.73. The molecule has 0 radical (unpaired) electrons. The van der Waals surface area contributed by atoms with Crippen molar-refractivity contribution in [3.8, 4) is 17.1 Å². The van der Waals surface area contributed by atoms with Crippen LogP contribution in [0.4, 0.5) is 0 Å². The van der Waals surface area contributed by atoms with Gasteiger partial charge in [-0.15, -0.1) is 0 Å². The molecule has 1 saturated heterocycles. The molecule has 0 unspecified atom stereocenters. The van der Waals surface area contributed by atoms with E-state index >= 15 is 0 Å². The normalized spacial score (nSPS) is 15.2. The van der Waals surface area contributed by atoms with E-state index in [2.05, 4.69) is 4.98 Å². The maximum Gasteiger partial charge on any atom is 0.275 e. The Labute approximate surface area is 236 Å². The van der Waals surface area contributed by atoms with Crippen molar-refractivity contribution in [1.29, 1.82) is 0 Å². The number of aliphatic hydroxyl groups is 2. The fourth-order valence-corrected chi connectivity index (χ4v) is 7.19. The number of nitrogens with zero attached hydrogens (tertiary/aromatic N) is 3. The van der Waals surface area contributed by atoms with Crippen molar-refractivity contribution >= 4 is 21.1 Å². The molecule has 0 bridgehead atoms. The van der Waals surface area contributed by atoms with Gasteiger partial charge in [0.15, 0.2) is 0 Å². The largest absolute Gasteiger partial charge is 0.493 e. The highest BCUT2D eigenvalue weighted by Gasteiger charge is 2.30. The second kappa shape index (κ2) is 13.3. The van der Waals surface area contributed by atoms with E-state index in [0.29, 0.717) is 66.6 Å². The van der Waals surface area contributed by atoms with Gasteiger partial charge in [-0.1, -0.05) is 20.3 Å². The molecular weight excluding hydrogens is 532 g/mol. The highest BCUT2D eigenvalue weighted by atomic mass is 32.2. The summed E-state index contributed by atoms with van der Waals surface area (Å²) >= 11 is 0. The predicted octanol–water partition coefficient (Wildman–Crippen LogP) is 3.82. The number of aryl methyl sites for hydroxylation is 2. The summed E-state index contributed by atoms with van der Waals surface area (Å²) in [6.07, 6.45) is 5.38. The highest BCUT2D eigenvalue weighted by molar-refractivity contribution is 7.89. The molecule has 3 N–H and O–H groups in total. The van der Waals surface area contributed by atoms with E-state index < -0.39 is 10.0 Å². The fourth-order valence-electron chi connectivity index (χ4n) is 5.69. The minimum absolute atomic E-state index is 0.124. The third-order valence-electron chi connectivity index (χ3n) is 7.74. The summed E-state index contributed by atoms with van der Waals surface area (Å²) in [6, 6.07) is 4.74. The van der Waals surface area contributed by atoms with Crippen LogP contribution in [0.5, 0.6) is 5.75 Å². The average Bonchev–Trinajstić information content (AvgIpc) is 3.28. The van der Waals surface area contributed by atoms with Crippen LogP contribution in [0.3, 0.4) is 0 Å². The van der Waals surface area contributed by atoms with Crippen molar-refractivity contribution in [3.63, 3.8) is 0 Å². The van der Waals surface area contributed by atoms with Crippen LogP contribution < -0.4 is 10.3 Å². The summed E-state index contributed by atoms with van der Waals surface area (Å²) < 4.78 is 36.7. The van der Waals surface area contributed by atoms with E-state index in [0.717, 1.165) is 44.1 Å². The second-order valence-corrected chi connectivity index (χ2v) is 12.3. The maximum absolute atomic E-state index is 13.7. The first-order valence-electron chi connectivity index (χ1n) is 14.4. The lowest BCUT2D eigenvalue weighted by atomic mass is 9.93. The Morgan fingerprint density at radius 2 is 1.88 bits per heavy atom. The number of aromatic amines is 1. The number of H-pyrrole nitrogens is 1. The summed E-state index contributed by atoms with van der Waals surface area (Å²) in [5, 5.41) is 19.2. The molecule has 4 rings (SSSR count). The molecule has 0 aliphatic carbocycles. The molecule has 3 aromatic rings. The van der Waals surface area contributed by atoms with Crippen LogP contribution in [-0.4, -0.2) is 63.8 Å². The summed E-state index contributed by atoms with van der Waals surface area (Å²) in [5.41, 5.74) is 2.49. The summed E-state index contributed by atoms with van der Waals surface area (Å²) in [6.45, 7) is 7.67. The SMILES string of the molecule is CCCOc1ccc(S(=O)(=O)N2CCC(CCCO)CC2)cc1-c1nc2c(CCC)c(CO)n(CC)c2c(=O)[nH]1. The minimum Gasteiger partial charge on any atom is -0.493 e. The lowest BCUT2D eigenvalue weighted by Gasteiger charge is -2.31. The topological polar surface area (TPSA) is 138 Å². The van der Waals surface area contributed by atoms with Crippen molar-refractivity contribution in [3.05, 3.63) is 39.8 Å². The Kier molecular flexibility index (Phi) is 10.0. The van der Waals surface area contributed by atoms with E-state index in [-0.39, 0.29) is 29.5 Å². The van der Waals surface area contributed by atoms with E-state index in [1.807, 2.05) is 20.8 Å². The zero-order chi connectivity index (χ0) is 28.9. The van der Waals surface area contributed by atoms with Gasteiger partial charge in [0.25, 0.3) is 5.56 Å². The predicted molar refractivity (Wildman–Crippen MR) is 155 cm³/mol. The van der Waals surface area contributed by atoms with Crippen molar-refractivity contribution in [1.82, 2.24) is 18.8 Å². The van der Waals surface area contributed by atoms with Crippen LogP contribution in [0, 0.1) is 5.92 Å². The monoisotopic (exact) mass is 574 g/mol. The fraction of sp³-hybridized carbons (Fsp3) is 0.586. The van der Waals surface area contributed by atoms with Gasteiger partial charge in [0, 0.05) is 37.5 Å². The standard InChI is InChI=1S/C29H42N4O6S/c1-4-8-22-24(19-35)33(6-3)27-26(22)30-28(31-29(27)36)23-18-21(10-11-25(23)39-17-5-2)40(37,38)32-14-12-20(13-15-32)9-7-16-34/h10-11,18,20,34-35H,4-9,12-17,19H2,1-3H3,(H,30,31,36). The van der Waals surface area contributed by atoms with Gasteiger partial charge in [0.2, 0.25) is 10.0 Å². The van der Waals surface area contributed by atoms with Crippen molar-refractivity contribution in [2.45, 2.75) is 83.8 Å². The number of fused-ring (bicyclic) bond motifs is 1. The molecule has 2 aromatic heterocycles. The molecule has 1 aromatic carbocycles. The highest BCUT2D eigenvalue weighted by Crippen LogP contribution is 2.34. The van der Waals surface area contributed by atoms with Gasteiger partial charge >= 0.3 is 0 Å². The molecule has 3 heterocycles. The molecule has 40 heavy (non-hydrogen) atoms. The van der Waals surface area contributed by atoms with Crippen molar-refractivity contribution in [2.24, 2.45) is 5.92 Å². The molecule has 0 atom stereocenters. The van der Waals surface area contributed by atoms with Crippen LogP contribution in [0.15, 0.2) is 27.9 Å². The molecule has 0 saturated carbocycles. The minimum atomic E-state index is -3.78. The number of benzene rings is 1. The first-order chi connectivity index (χ1) is 19.3. The smallest absolute Gasteiger partial charge is 0.275 e. The number of ether oxygens (including phenoxy) is 1. The number of aromatic nitrogens is 3. The van der Waals surface area contributed by atoms with E-state index in [1.54, 1.807) is 22.8 Å². The molecule has 11 heteroatoms. The van der Waals surface area contributed by atoms with Crippen molar-refractivity contribution < 1.29 is 23.4 Å². The van der Waals surface area contributed by atoms with E-state index in [1.165, 1.54) is 4.31 Å². The summed E-state index contributed by atoms with van der Waals surface area (Å²) in [7, 11) is -3.78. The summed E-state index contributed by atoms with van der Waals surface area (Å²) in [4.78, 5) is 21.3.